The average molecular weight is 613 g/mol. The van der Waals surface area contributed by atoms with E-state index in [-0.39, 0.29) is 16.2 Å². The zero-order valence-corrected chi connectivity index (χ0v) is 26.1. The molecule has 4 aliphatic rings. The van der Waals surface area contributed by atoms with E-state index in [9.17, 15) is 26.4 Å². The van der Waals surface area contributed by atoms with E-state index in [1.807, 2.05) is 0 Å². The smallest absolute Gasteiger partial charge is 0.406 e. The molecule has 10 heteroatoms. The minimum atomic E-state index is -4.90. The Morgan fingerprint density at radius 1 is 0.976 bits per heavy atom. The van der Waals surface area contributed by atoms with Crippen LogP contribution >= 0.6 is 0 Å². The number of nitrogens with zero attached hydrogens (tertiary/aromatic N) is 1. The van der Waals surface area contributed by atoms with Crippen molar-refractivity contribution in [3.05, 3.63) is 24.3 Å². The molecule has 0 radical (unpaired) electrons. The summed E-state index contributed by atoms with van der Waals surface area (Å²) >= 11 is 0. The molecule has 6 nitrogen and oxygen atoms in total. The number of carbonyl (C=O) groups is 1. The zero-order valence-electron chi connectivity index (χ0n) is 25.3. The lowest BCUT2D eigenvalue weighted by molar-refractivity contribution is -0.274. The summed E-state index contributed by atoms with van der Waals surface area (Å²) in [6.07, 6.45) is 8.58. The van der Waals surface area contributed by atoms with Crippen LogP contribution in [0.15, 0.2) is 29.2 Å². The van der Waals surface area contributed by atoms with E-state index in [0.29, 0.717) is 28.0 Å². The highest BCUT2D eigenvalue weighted by Gasteiger charge is 2.60. The number of benzene rings is 1. The van der Waals surface area contributed by atoms with E-state index >= 15 is 0 Å². The van der Waals surface area contributed by atoms with Gasteiger partial charge in [0.05, 0.1) is 4.90 Å². The summed E-state index contributed by atoms with van der Waals surface area (Å²) in [7, 11) is -4.38. The van der Waals surface area contributed by atoms with Gasteiger partial charge in [-0.25, -0.2) is 17.5 Å². The van der Waals surface area contributed by atoms with Gasteiger partial charge in [-0.3, -0.25) is 0 Å². The average Bonchev–Trinajstić information content (AvgIpc) is 3.24. The molecular formula is C32H47F3N2O4S. The van der Waals surface area contributed by atoms with Crippen LogP contribution < -0.4 is 10.5 Å². The predicted octanol–water partition coefficient (Wildman–Crippen LogP) is 8.12. The Kier molecular flexibility index (Phi) is 8.38. The Labute approximate surface area is 249 Å². The minimum Gasteiger partial charge on any atom is -0.406 e. The summed E-state index contributed by atoms with van der Waals surface area (Å²) in [5.41, 5.74) is 6.29. The van der Waals surface area contributed by atoms with Crippen molar-refractivity contribution in [3.63, 3.8) is 0 Å². The van der Waals surface area contributed by atoms with Crippen LogP contribution in [-0.4, -0.2) is 31.2 Å². The quantitative estimate of drug-likeness (QED) is 0.337. The maximum Gasteiger partial charge on any atom is 0.573 e. The first-order valence-corrected chi connectivity index (χ1v) is 17.2. The lowest BCUT2D eigenvalue weighted by atomic mass is 9.44. The fraction of sp³-hybridized carbons (Fsp3) is 0.781. The Balaban J connectivity index is 1.29. The summed E-state index contributed by atoms with van der Waals surface area (Å²) in [5, 5.41) is 0. The summed E-state index contributed by atoms with van der Waals surface area (Å²) in [4.78, 5) is 12.2. The molecule has 2 amide bonds. The van der Waals surface area contributed by atoms with Crippen LogP contribution in [0, 0.1) is 46.3 Å². The van der Waals surface area contributed by atoms with Gasteiger partial charge in [-0.15, -0.1) is 13.2 Å². The number of alkyl halides is 3. The van der Waals surface area contributed by atoms with Gasteiger partial charge < -0.3 is 10.5 Å². The molecule has 0 saturated heterocycles. The van der Waals surface area contributed by atoms with Crippen molar-refractivity contribution in [2.24, 2.45) is 52.1 Å². The number of hydrogen-bond acceptors (Lipinski definition) is 4. The normalized spacial score (nSPS) is 36.2. The first-order valence-electron chi connectivity index (χ1n) is 15.8. The van der Waals surface area contributed by atoms with Crippen molar-refractivity contribution in [1.29, 1.82) is 0 Å². The van der Waals surface area contributed by atoms with Crippen LogP contribution in [-0.2, 0) is 10.0 Å². The molecule has 0 heterocycles. The first kappa shape index (κ1) is 31.5. The molecular weight excluding hydrogens is 565 g/mol. The van der Waals surface area contributed by atoms with E-state index < -0.39 is 34.2 Å². The molecule has 2 N–H and O–H groups in total. The Morgan fingerprint density at radius 2 is 1.64 bits per heavy atom. The Morgan fingerprint density at radius 3 is 2.29 bits per heavy atom. The van der Waals surface area contributed by atoms with Crippen molar-refractivity contribution in [2.75, 3.05) is 0 Å². The molecule has 0 aromatic heterocycles. The van der Waals surface area contributed by atoms with E-state index in [1.54, 1.807) is 6.92 Å². The van der Waals surface area contributed by atoms with E-state index in [1.165, 1.54) is 57.8 Å². The summed E-state index contributed by atoms with van der Waals surface area (Å²) in [6.45, 7) is 8.92. The number of primary amides is 1. The van der Waals surface area contributed by atoms with Gasteiger partial charge in [-0.05, 0) is 135 Å². The van der Waals surface area contributed by atoms with Gasteiger partial charge in [0.1, 0.15) is 5.75 Å². The number of nitrogens with two attached hydrogens (primary N) is 1. The van der Waals surface area contributed by atoms with Crippen LogP contribution in [0.4, 0.5) is 18.0 Å². The summed E-state index contributed by atoms with van der Waals surface area (Å²) < 4.78 is 69.1. The largest absolute Gasteiger partial charge is 0.573 e. The number of ether oxygens (including phenoxy) is 1. The number of urea groups is 1. The highest BCUT2D eigenvalue weighted by molar-refractivity contribution is 7.89. The van der Waals surface area contributed by atoms with Gasteiger partial charge in [-0.1, -0.05) is 33.6 Å². The standard InChI is InChI=1S/C32H47F3N2O4S/c1-20(19-21(2)37(29(36)38)42(39,40)24-11-9-23(10-12-24)41-32(33,34)35)26-14-15-27-25-13-8-22-7-5-6-17-30(22,3)28(25)16-18-31(26,27)4/h9-12,20-22,25-28H,5-8,13-19H2,1-4H3,(H2,36,38)/t20-,21?,22?,25+,26-,27+,28+,30+,31-/m1/s1. The number of halogens is 3. The lowest BCUT2D eigenvalue weighted by Crippen LogP contribution is -2.53. The third-order valence-electron chi connectivity index (χ3n) is 12.3. The van der Waals surface area contributed by atoms with Crippen LogP contribution in [0.5, 0.6) is 5.75 Å². The van der Waals surface area contributed by atoms with Gasteiger partial charge in [0.2, 0.25) is 0 Å². The number of fused-ring (bicyclic) bond motifs is 5. The van der Waals surface area contributed by atoms with E-state index in [4.69, 9.17) is 5.73 Å². The highest BCUT2D eigenvalue weighted by Crippen LogP contribution is 2.68. The monoisotopic (exact) mass is 612 g/mol. The van der Waals surface area contributed by atoms with Crippen LogP contribution in [0.1, 0.15) is 98.3 Å². The Hall–Kier alpha value is -1.97. The third-order valence-corrected chi connectivity index (χ3v) is 14.2. The molecule has 4 aliphatic carbocycles. The topological polar surface area (TPSA) is 89.7 Å². The molecule has 1 aromatic rings. The van der Waals surface area contributed by atoms with Gasteiger partial charge in [0.25, 0.3) is 10.0 Å². The molecule has 0 aliphatic heterocycles. The van der Waals surface area contributed by atoms with Crippen molar-refractivity contribution in [2.45, 2.75) is 116 Å². The molecule has 0 spiro atoms. The molecule has 5 rings (SSSR count). The SMILES string of the molecule is CC(C[C@@H](C)[C@H]1CC[C@H]2[C@@H]3CCC4CCCC[C@]4(C)[C@H]3CC[C@]12C)N(C(N)=O)S(=O)(=O)c1ccc(OC(F)(F)F)cc1. The first-order chi connectivity index (χ1) is 19.6. The van der Waals surface area contributed by atoms with Crippen molar-refractivity contribution >= 4 is 16.1 Å². The summed E-state index contributed by atoms with van der Waals surface area (Å²) in [6, 6.07) is 2.05. The number of carbonyl (C=O) groups excluding carboxylic acids is 1. The molecule has 0 bridgehead atoms. The lowest BCUT2D eigenvalue weighted by Gasteiger charge is -2.61. The molecule has 236 valence electrons. The summed E-state index contributed by atoms with van der Waals surface area (Å²) in [5.74, 6) is 3.21. The van der Waals surface area contributed by atoms with Crippen LogP contribution in [0.2, 0.25) is 0 Å². The fourth-order valence-corrected chi connectivity index (χ4v) is 12.1. The van der Waals surface area contributed by atoms with Gasteiger partial charge in [-0.2, -0.15) is 0 Å². The van der Waals surface area contributed by atoms with E-state index in [0.717, 1.165) is 48.4 Å². The molecule has 4 saturated carbocycles. The van der Waals surface area contributed by atoms with Gasteiger partial charge in [0, 0.05) is 6.04 Å². The van der Waals surface area contributed by atoms with Crippen molar-refractivity contribution in [3.8, 4) is 5.75 Å². The maximum atomic E-state index is 13.5. The second-order valence-electron chi connectivity index (χ2n) is 14.4. The number of amides is 2. The van der Waals surface area contributed by atoms with E-state index in [2.05, 4.69) is 25.5 Å². The number of sulfonamides is 1. The van der Waals surface area contributed by atoms with Gasteiger partial charge in [0.15, 0.2) is 0 Å². The fourth-order valence-electron chi connectivity index (χ4n) is 10.6. The highest BCUT2D eigenvalue weighted by atomic mass is 32.2. The third kappa shape index (κ3) is 5.54. The van der Waals surface area contributed by atoms with Crippen LogP contribution in [0.3, 0.4) is 0 Å². The molecule has 4 fully saturated rings. The number of rotatable bonds is 7. The molecule has 2 unspecified atom stereocenters. The predicted molar refractivity (Wildman–Crippen MR) is 155 cm³/mol. The molecule has 1 aromatic carbocycles. The molecule has 42 heavy (non-hydrogen) atoms. The second-order valence-corrected chi connectivity index (χ2v) is 16.2. The van der Waals surface area contributed by atoms with Crippen molar-refractivity contribution in [1.82, 2.24) is 4.31 Å². The molecule has 9 atom stereocenters. The van der Waals surface area contributed by atoms with Crippen molar-refractivity contribution < 1.29 is 31.1 Å². The number of hydrogen-bond donors (Lipinski definition) is 1. The minimum absolute atomic E-state index is 0.174. The zero-order chi connectivity index (χ0) is 30.7. The Bertz CT molecular complexity index is 1260. The van der Waals surface area contributed by atoms with Crippen LogP contribution in [0.25, 0.3) is 0 Å². The second kappa shape index (κ2) is 11.2. The van der Waals surface area contributed by atoms with Gasteiger partial charge >= 0.3 is 12.4 Å². The maximum absolute atomic E-state index is 13.5.